The number of methoxy groups -OCH3 is 2. The van der Waals surface area contributed by atoms with Gasteiger partial charge < -0.3 is 20.1 Å². The highest BCUT2D eigenvalue weighted by Gasteiger charge is 2.13. The van der Waals surface area contributed by atoms with E-state index in [-0.39, 0.29) is 11.9 Å². The summed E-state index contributed by atoms with van der Waals surface area (Å²) < 4.78 is 10.5. The van der Waals surface area contributed by atoms with E-state index in [1.54, 1.807) is 20.3 Å². The average molecular weight is 328 g/mol. The van der Waals surface area contributed by atoms with Crippen LogP contribution in [0, 0.1) is 6.92 Å². The summed E-state index contributed by atoms with van der Waals surface area (Å²) >= 11 is 0. The van der Waals surface area contributed by atoms with Gasteiger partial charge in [-0.05, 0) is 31.5 Å². The van der Waals surface area contributed by atoms with Gasteiger partial charge in [-0.1, -0.05) is 29.8 Å². The highest BCUT2D eigenvalue weighted by molar-refractivity contribution is 5.84. The van der Waals surface area contributed by atoms with Gasteiger partial charge in [0.15, 0.2) is 11.5 Å². The highest BCUT2D eigenvalue weighted by atomic mass is 16.5. The Labute approximate surface area is 143 Å². The molecule has 5 heteroatoms. The predicted octanol–water partition coefficient (Wildman–Crippen LogP) is 3.13. The summed E-state index contributed by atoms with van der Waals surface area (Å²) in [7, 11) is 3.17. The SMILES string of the molecule is COc1ccc(NC(C)C(=O)NCc2ccc(C)cc2)cc1OC. The Balaban J connectivity index is 1.92. The van der Waals surface area contributed by atoms with Crippen molar-refractivity contribution in [3.8, 4) is 11.5 Å². The number of amides is 1. The Morgan fingerprint density at radius 1 is 1.04 bits per heavy atom. The topological polar surface area (TPSA) is 59.6 Å². The molecule has 2 aromatic rings. The summed E-state index contributed by atoms with van der Waals surface area (Å²) in [6.07, 6.45) is 0. The first-order valence-corrected chi connectivity index (χ1v) is 7.85. The lowest BCUT2D eigenvalue weighted by molar-refractivity contribution is -0.121. The molecule has 0 heterocycles. The fourth-order valence-electron chi connectivity index (χ4n) is 2.29. The van der Waals surface area contributed by atoms with Crippen LogP contribution in [0.4, 0.5) is 5.69 Å². The number of ether oxygens (including phenoxy) is 2. The molecule has 0 saturated carbocycles. The van der Waals surface area contributed by atoms with Gasteiger partial charge in [-0.3, -0.25) is 4.79 Å². The van der Waals surface area contributed by atoms with Gasteiger partial charge in [0.25, 0.3) is 0 Å². The summed E-state index contributed by atoms with van der Waals surface area (Å²) in [5, 5.41) is 6.10. The first-order chi connectivity index (χ1) is 11.5. The number of aryl methyl sites for hydroxylation is 1. The van der Waals surface area contributed by atoms with Crippen LogP contribution in [-0.2, 0) is 11.3 Å². The number of rotatable bonds is 7. The molecule has 1 amide bonds. The van der Waals surface area contributed by atoms with Crippen molar-refractivity contribution in [1.82, 2.24) is 5.32 Å². The smallest absolute Gasteiger partial charge is 0.242 e. The number of nitrogens with one attached hydrogen (secondary N) is 2. The lowest BCUT2D eigenvalue weighted by Crippen LogP contribution is -2.37. The maximum Gasteiger partial charge on any atom is 0.242 e. The molecule has 0 saturated heterocycles. The fraction of sp³-hybridized carbons (Fsp3) is 0.316. The van der Waals surface area contributed by atoms with Gasteiger partial charge in [0.1, 0.15) is 6.04 Å². The van der Waals surface area contributed by atoms with Crippen molar-refractivity contribution in [3.63, 3.8) is 0 Å². The van der Waals surface area contributed by atoms with Gasteiger partial charge >= 0.3 is 0 Å². The molecule has 2 aromatic carbocycles. The van der Waals surface area contributed by atoms with Crippen LogP contribution in [0.5, 0.6) is 11.5 Å². The summed E-state index contributed by atoms with van der Waals surface area (Å²) in [6, 6.07) is 13.2. The molecule has 0 bridgehead atoms. The molecule has 0 aliphatic rings. The van der Waals surface area contributed by atoms with E-state index in [1.807, 2.05) is 50.2 Å². The van der Waals surface area contributed by atoms with Crippen molar-refractivity contribution in [2.45, 2.75) is 26.4 Å². The van der Waals surface area contributed by atoms with E-state index in [0.717, 1.165) is 11.3 Å². The zero-order chi connectivity index (χ0) is 17.5. The maximum atomic E-state index is 12.2. The minimum atomic E-state index is -0.367. The van der Waals surface area contributed by atoms with Gasteiger partial charge in [0.2, 0.25) is 5.91 Å². The second-order valence-corrected chi connectivity index (χ2v) is 5.64. The zero-order valence-electron chi connectivity index (χ0n) is 14.6. The summed E-state index contributed by atoms with van der Waals surface area (Å²) in [5.41, 5.74) is 3.08. The van der Waals surface area contributed by atoms with Crippen LogP contribution in [0.3, 0.4) is 0 Å². The number of carbonyl (C=O) groups excluding carboxylic acids is 1. The molecule has 1 atom stereocenters. The molecular weight excluding hydrogens is 304 g/mol. The molecule has 5 nitrogen and oxygen atoms in total. The van der Waals surface area contributed by atoms with Crippen LogP contribution in [0.2, 0.25) is 0 Å². The van der Waals surface area contributed by atoms with E-state index in [9.17, 15) is 4.79 Å². The van der Waals surface area contributed by atoms with Crippen LogP contribution in [-0.4, -0.2) is 26.2 Å². The van der Waals surface area contributed by atoms with E-state index in [2.05, 4.69) is 10.6 Å². The van der Waals surface area contributed by atoms with Crippen molar-refractivity contribution in [1.29, 1.82) is 0 Å². The van der Waals surface area contributed by atoms with Crippen LogP contribution in [0.25, 0.3) is 0 Å². The molecule has 24 heavy (non-hydrogen) atoms. The van der Waals surface area contributed by atoms with Gasteiger partial charge in [0.05, 0.1) is 14.2 Å². The molecule has 0 spiro atoms. The molecular formula is C19H24N2O3. The lowest BCUT2D eigenvalue weighted by Gasteiger charge is -2.17. The Morgan fingerprint density at radius 3 is 2.33 bits per heavy atom. The number of anilines is 1. The largest absolute Gasteiger partial charge is 0.493 e. The third-order valence-corrected chi connectivity index (χ3v) is 3.75. The number of benzene rings is 2. The van der Waals surface area contributed by atoms with E-state index in [0.29, 0.717) is 18.0 Å². The summed E-state index contributed by atoms with van der Waals surface area (Å²) in [5.74, 6) is 1.21. The van der Waals surface area contributed by atoms with Crippen LogP contribution >= 0.6 is 0 Å². The normalized spacial score (nSPS) is 11.5. The van der Waals surface area contributed by atoms with E-state index in [1.165, 1.54) is 5.56 Å². The van der Waals surface area contributed by atoms with Gasteiger partial charge in [0, 0.05) is 18.3 Å². The highest BCUT2D eigenvalue weighted by Crippen LogP contribution is 2.29. The zero-order valence-corrected chi connectivity index (χ0v) is 14.6. The molecule has 0 aliphatic heterocycles. The Morgan fingerprint density at radius 2 is 1.71 bits per heavy atom. The molecule has 2 N–H and O–H groups in total. The second kappa shape index (κ2) is 8.24. The lowest BCUT2D eigenvalue weighted by atomic mass is 10.1. The molecule has 0 aliphatic carbocycles. The Kier molecular flexibility index (Phi) is 6.07. The van der Waals surface area contributed by atoms with Gasteiger partial charge in [-0.25, -0.2) is 0 Å². The van der Waals surface area contributed by atoms with Crippen molar-refractivity contribution >= 4 is 11.6 Å². The first-order valence-electron chi connectivity index (χ1n) is 7.85. The maximum absolute atomic E-state index is 12.2. The van der Waals surface area contributed by atoms with Crippen molar-refractivity contribution in [3.05, 3.63) is 53.6 Å². The molecule has 0 fully saturated rings. The molecule has 128 valence electrons. The molecule has 0 radical (unpaired) electrons. The predicted molar refractivity (Wildman–Crippen MR) is 95.7 cm³/mol. The minimum absolute atomic E-state index is 0.0645. The third kappa shape index (κ3) is 4.65. The number of carbonyl (C=O) groups is 1. The second-order valence-electron chi connectivity index (χ2n) is 5.64. The van der Waals surface area contributed by atoms with Crippen LogP contribution < -0.4 is 20.1 Å². The number of hydrogen-bond acceptors (Lipinski definition) is 4. The van der Waals surface area contributed by atoms with E-state index >= 15 is 0 Å². The molecule has 0 aromatic heterocycles. The van der Waals surface area contributed by atoms with Crippen molar-refractivity contribution in [2.24, 2.45) is 0 Å². The summed E-state index contributed by atoms with van der Waals surface area (Å²) in [4.78, 5) is 12.2. The Bertz CT molecular complexity index is 684. The van der Waals surface area contributed by atoms with Gasteiger partial charge in [-0.2, -0.15) is 0 Å². The Hall–Kier alpha value is -2.69. The van der Waals surface area contributed by atoms with Gasteiger partial charge in [-0.15, -0.1) is 0 Å². The van der Waals surface area contributed by atoms with Crippen LogP contribution in [0.1, 0.15) is 18.1 Å². The standard InChI is InChI=1S/C19H24N2O3/c1-13-5-7-15(8-6-13)12-20-19(22)14(2)21-16-9-10-17(23-3)18(11-16)24-4/h5-11,14,21H,12H2,1-4H3,(H,20,22). The average Bonchev–Trinajstić information content (AvgIpc) is 2.60. The number of hydrogen-bond donors (Lipinski definition) is 2. The summed E-state index contributed by atoms with van der Waals surface area (Å²) in [6.45, 7) is 4.37. The monoisotopic (exact) mass is 328 g/mol. The first kappa shape index (κ1) is 17.7. The van der Waals surface area contributed by atoms with Crippen molar-refractivity contribution < 1.29 is 14.3 Å². The molecule has 1 unspecified atom stereocenters. The minimum Gasteiger partial charge on any atom is -0.493 e. The van der Waals surface area contributed by atoms with Crippen LogP contribution in [0.15, 0.2) is 42.5 Å². The quantitative estimate of drug-likeness (QED) is 0.820. The third-order valence-electron chi connectivity index (χ3n) is 3.75. The van der Waals surface area contributed by atoms with Crippen molar-refractivity contribution in [2.75, 3.05) is 19.5 Å². The van der Waals surface area contributed by atoms with E-state index < -0.39 is 0 Å². The van der Waals surface area contributed by atoms with E-state index in [4.69, 9.17) is 9.47 Å². The fourth-order valence-corrected chi connectivity index (χ4v) is 2.29. The molecule has 2 rings (SSSR count).